The van der Waals surface area contributed by atoms with E-state index in [9.17, 15) is 22.8 Å². The summed E-state index contributed by atoms with van der Waals surface area (Å²) in [6, 6.07) is -1.11. The zero-order valence-electron chi connectivity index (χ0n) is 11.1. The van der Waals surface area contributed by atoms with E-state index in [2.05, 4.69) is 0 Å². The van der Waals surface area contributed by atoms with Gasteiger partial charge in [-0.25, -0.2) is 4.79 Å². The van der Waals surface area contributed by atoms with Gasteiger partial charge < -0.3 is 10.0 Å². The van der Waals surface area contributed by atoms with Crippen molar-refractivity contribution < 1.29 is 27.9 Å². The first-order chi connectivity index (χ1) is 9.29. The Morgan fingerprint density at radius 1 is 1.10 bits per heavy atom. The van der Waals surface area contributed by atoms with Crippen LogP contribution in [0.1, 0.15) is 44.9 Å². The second-order valence-corrected chi connectivity index (χ2v) is 5.64. The highest BCUT2D eigenvalue weighted by Crippen LogP contribution is 2.50. The van der Waals surface area contributed by atoms with E-state index in [1.807, 2.05) is 0 Å². The summed E-state index contributed by atoms with van der Waals surface area (Å²) in [6.07, 6.45) is -2.99. The number of likely N-dealkylation sites (tertiary alicyclic amines) is 1. The molecule has 114 valence electrons. The van der Waals surface area contributed by atoms with Gasteiger partial charge in [0, 0.05) is 6.54 Å². The molecule has 0 aromatic rings. The molecule has 1 N–H and O–H groups in total. The zero-order chi connectivity index (χ0) is 15.0. The standard InChI is InChI=1S/C13H18F3NO3/c14-13(15,16)12(6-2-1-3-7-12)11(20)17-8-4-5-9(17)10(18)19/h9H,1-8H2,(H,18,19)/t9-/m0/s1. The molecule has 1 aliphatic heterocycles. The number of amides is 1. The van der Waals surface area contributed by atoms with Crippen molar-refractivity contribution in [3.63, 3.8) is 0 Å². The number of carbonyl (C=O) groups is 2. The Hall–Kier alpha value is -1.27. The van der Waals surface area contributed by atoms with Gasteiger partial charge in [0.25, 0.3) is 0 Å². The van der Waals surface area contributed by atoms with E-state index in [0.29, 0.717) is 25.7 Å². The number of rotatable bonds is 2. The van der Waals surface area contributed by atoms with Crippen molar-refractivity contribution in [2.45, 2.75) is 57.2 Å². The molecule has 2 aliphatic rings. The largest absolute Gasteiger partial charge is 0.480 e. The summed E-state index contributed by atoms with van der Waals surface area (Å²) < 4.78 is 40.3. The van der Waals surface area contributed by atoms with Gasteiger partial charge >= 0.3 is 12.1 Å². The second-order valence-electron chi connectivity index (χ2n) is 5.64. The van der Waals surface area contributed by atoms with Crippen molar-refractivity contribution in [3.8, 4) is 0 Å². The average Bonchev–Trinajstić information content (AvgIpc) is 2.86. The van der Waals surface area contributed by atoms with E-state index in [1.54, 1.807) is 0 Å². The third kappa shape index (κ3) is 2.38. The zero-order valence-corrected chi connectivity index (χ0v) is 11.1. The van der Waals surface area contributed by atoms with E-state index in [0.717, 1.165) is 4.90 Å². The maximum atomic E-state index is 13.4. The summed E-state index contributed by atoms with van der Waals surface area (Å²) in [6.45, 7) is 0.105. The molecule has 0 spiro atoms. The summed E-state index contributed by atoms with van der Waals surface area (Å²) in [5.74, 6) is -2.25. The Bertz CT molecular complexity index is 402. The van der Waals surface area contributed by atoms with Crippen molar-refractivity contribution in [2.24, 2.45) is 5.41 Å². The van der Waals surface area contributed by atoms with Gasteiger partial charge in [0.05, 0.1) is 0 Å². The fourth-order valence-electron chi connectivity index (χ4n) is 3.32. The molecule has 1 saturated carbocycles. The number of aliphatic carboxylic acids is 1. The highest BCUT2D eigenvalue weighted by atomic mass is 19.4. The summed E-state index contributed by atoms with van der Waals surface area (Å²) in [7, 11) is 0. The Kier molecular flexibility index (Phi) is 3.97. The SMILES string of the molecule is O=C(O)[C@@H]1CCCN1C(=O)C1(C(F)(F)F)CCCCC1. The highest BCUT2D eigenvalue weighted by molar-refractivity contribution is 5.88. The third-order valence-electron chi connectivity index (χ3n) is 4.46. The Labute approximate surface area is 114 Å². The first-order valence-electron chi connectivity index (χ1n) is 6.90. The second kappa shape index (κ2) is 5.26. The molecule has 0 unspecified atom stereocenters. The summed E-state index contributed by atoms with van der Waals surface area (Å²) in [5.41, 5.74) is -2.37. The van der Waals surface area contributed by atoms with Gasteiger partial charge in [-0.2, -0.15) is 13.2 Å². The molecule has 4 nitrogen and oxygen atoms in total. The monoisotopic (exact) mass is 293 g/mol. The van der Waals surface area contributed by atoms with Crippen LogP contribution in [0.15, 0.2) is 0 Å². The molecule has 20 heavy (non-hydrogen) atoms. The minimum atomic E-state index is -4.61. The van der Waals surface area contributed by atoms with Gasteiger partial charge in [-0.3, -0.25) is 4.79 Å². The van der Waals surface area contributed by atoms with Gasteiger partial charge in [-0.1, -0.05) is 19.3 Å². The van der Waals surface area contributed by atoms with Crippen LogP contribution in [0.25, 0.3) is 0 Å². The maximum absolute atomic E-state index is 13.4. The molecule has 0 aromatic carbocycles. The highest BCUT2D eigenvalue weighted by Gasteiger charge is 2.62. The van der Waals surface area contributed by atoms with Crippen LogP contribution in [0, 0.1) is 5.41 Å². The Morgan fingerprint density at radius 2 is 1.70 bits per heavy atom. The predicted octanol–water partition coefficient (Wildman–Crippen LogP) is 2.57. The van der Waals surface area contributed by atoms with Crippen molar-refractivity contribution in [2.75, 3.05) is 6.54 Å². The van der Waals surface area contributed by atoms with E-state index in [-0.39, 0.29) is 25.8 Å². The Balaban J connectivity index is 2.29. The van der Waals surface area contributed by atoms with E-state index >= 15 is 0 Å². The molecular weight excluding hydrogens is 275 g/mol. The van der Waals surface area contributed by atoms with Gasteiger partial charge in [-0.05, 0) is 25.7 Å². The minimum Gasteiger partial charge on any atom is -0.480 e. The van der Waals surface area contributed by atoms with E-state index in [1.165, 1.54) is 0 Å². The van der Waals surface area contributed by atoms with Crippen LogP contribution < -0.4 is 0 Å². The van der Waals surface area contributed by atoms with Crippen LogP contribution in [-0.4, -0.2) is 40.6 Å². The molecule has 0 aromatic heterocycles. The minimum absolute atomic E-state index is 0.105. The molecule has 7 heteroatoms. The number of carboxylic acid groups (broad SMARTS) is 1. The average molecular weight is 293 g/mol. The number of carboxylic acids is 1. The lowest BCUT2D eigenvalue weighted by molar-refractivity contribution is -0.236. The van der Waals surface area contributed by atoms with Crippen LogP contribution in [-0.2, 0) is 9.59 Å². The fourth-order valence-corrected chi connectivity index (χ4v) is 3.32. The molecule has 1 saturated heterocycles. The summed E-state index contributed by atoms with van der Waals surface area (Å²) in [4.78, 5) is 24.4. The molecule has 1 heterocycles. The van der Waals surface area contributed by atoms with Crippen molar-refractivity contribution in [1.82, 2.24) is 4.90 Å². The molecule has 1 atom stereocenters. The van der Waals surface area contributed by atoms with E-state index in [4.69, 9.17) is 5.11 Å². The fraction of sp³-hybridized carbons (Fsp3) is 0.846. The number of nitrogens with zero attached hydrogens (tertiary/aromatic N) is 1. The van der Waals surface area contributed by atoms with Crippen molar-refractivity contribution in [3.05, 3.63) is 0 Å². The molecule has 1 amide bonds. The van der Waals surface area contributed by atoms with Gasteiger partial charge in [-0.15, -0.1) is 0 Å². The number of hydrogen-bond donors (Lipinski definition) is 1. The van der Waals surface area contributed by atoms with Crippen LogP contribution in [0.4, 0.5) is 13.2 Å². The van der Waals surface area contributed by atoms with Crippen LogP contribution in [0.3, 0.4) is 0 Å². The molecule has 2 fully saturated rings. The van der Waals surface area contributed by atoms with Crippen molar-refractivity contribution >= 4 is 11.9 Å². The van der Waals surface area contributed by atoms with Gasteiger partial charge in [0.1, 0.15) is 11.5 Å². The number of hydrogen-bond acceptors (Lipinski definition) is 2. The molecular formula is C13H18F3NO3. The van der Waals surface area contributed by atoms with Crippen molar-refractivity contribution in [1.29, 1.82) is 0 Å². The quantitative estimate of drug-likeness (QED) is 0.851. The number of carbonyl (C=O) groups excluding carboxylic acids is 1. The molecule has 0 bridgehead atoms. The lowest BCUT2D eigenvalue weighted by Gasteiger charge is -2.40. The summed E-state index contributed by atoms with van der Waals surface area (Å²) >= 11 is 0. The van der Waals surface area contributed by atoms with Crippen LogP contribution in [0.2, 0.25) is 0 Å². The molecule has 1 aliphatic carbocycles. The van der Waals surface area contributed by atoms with Crippen LogP contribution in [0.5, 0.6) is 0 Å². The molecule has 2 rings (SSSR count). The lowest BCUT2D eigenvalue weighted by atomic mass is 9.72. The Morgan fingerprint density at radius 3 is 2.20 bits per heavy atom. The lowest BCUT2D eigenvalue weighted by Crippen LogP contribution is -2.55. The number of alkyl halides is 3. The first kappa shape index (κ1) is 15.1. The first-order valence-corrected chi connectivity index (χ1v) is 6.90. The predicted molar refractivity (Wildman–Crippen MR) is 63.9 cm³/mol. The van der Waals surface area contributed by atoms with E-state index < -0.39 is 29.5 Å². The number of halogens is 3. The smallest absolute Gasteiger partial charge is 0.403 e. The van der Waals surface area contributed by atoms with Gasteiger partial charge in [0.2, 0.25) is 5.91 Å². The van der Waals surface area contributed by atoms with Gasteiger partial charge in [0.15, 0.2) is 0 Å². The van der Waals surface area contributed by atoms with Crippen LogP contribution >= 0.6 is 0 Å². The maximum Gasteiger partial charge on any atom is 0.403 e. The normalized spacial score (nSPS) is 26.6. The topological polar surface area (TPSA) is 57.6 Å². The third-order valence-corrected chi connectivity index (χ3v) is 4.46. The summed E-state index contributed by atoms with van der Waals surface area (Å²) in [5, 5.41) is 9.04. The molecule has 0 radical (unpaired) electrons.